The van der Waals surface area contributed by atoms with Crippen molar-refractivity contribution in [2.75, 3.05) is 17.2 Å². The van der Waals surface area contributed by atoms with Crippen LogP contribution in [0.4, 0.5) is 5.69 Å². The second-order valence-electron chi connectivity index (χ2n) is 4.51. The third-order valence-electron chi connectivity index (χ3n) is 3.03. The van der Waals surface area contributed by atoms with Gasteiger partial charge >= 0.3 is 11.9 Å². The van der Waals surface area contributed by atoms with E-state index in [1.54, 1.807) is 19.9 Å². The Morgan fingerprint density at radius 3 is 2.47 bits per heavy atom. The van der Waals surface area contributed by atoms with Crippen LogP contribution in [0, 0.1) is 13.8 Å². The standard InChI is InChI=1S/C12H13NO5S/c1-7-5-8(2)10-9(6-7)19(17,18)4-3-13(10)11(14)12(15)16/h5-6H,3-4H2,1-2H3,(H,15,16). The van der Waals surface area contributed by atoms with Crippen molar-refractivity contribution in [2.24, 2.45) is 0 Å². The lowest BCUT2D eigenvalue weighted by atomic mass is 10.1. The van der Waals surface area contributed by atoms with Gasteiger partial charge in [-0.1, -0.05) is 6.07 Å². The maximum Gasteiger partial charge on any atom is 0.394 e. The van der Waals surface area contributed by atoms with Crippen LogP contribution in [0.15, 0.2) is 17.0 Å². The van der Waals surface area contributed by atoms with Crippen molar-refractivity contribution in [2.45, 2.75) is 18.7 Å². The fourth-order valence-corrected chi connectivity index (χ4v) is 3.83. The van der Waals surface area contributed by atoms with Crippen molar-refractivity contribution < 1.29 is 23.1 Å². The van der Waals surface area contributed by atoms with Crippen LogP contribution >= 0.6 is 0 Å². The van der Waals surface area contributed by atoms with Crippen LogP contribution in [0.3, 0.4) is 0 Å². The summed E-state index contributed by atoms with van der Waals surface area (Å²) in [4.78, 5) is 23.5. The van der Waals surface area contributed by atoms with Crippen molar-refractivity contribution in [1.29, 1.82) is 0 Å². The number of nitrogens with zero attached hydrogens (tertiary/aromatic N) is 1. The SMILES string of the molecule is Cc1cc(C)c2c(c1)S(=O)(=O)CCN2C(=O)C(=O)O. The molecule has 1 amide bonds. The molecular weight excluding hydrogens is 270 g/mol. The van der Waals surface area contributed by atoms with Gasteiger partial charge in [0.05, 0.1) is 16.3 Å². The van der Waals surface area contributed by atoms with Gasteiger partial charge in [0.25, 0.3) is 0 Å². The summed E-state index contributed by atoms with van der Waals surface area (Å²) >= 11 is 0. The van der Waals surface area contributed by atoms with Gasteiger partial charge in [-0.05, 0) is 31.0 Å². The first-order valence-electron chi connectivity index (χ1n) is 5.63. The molecule has 0 aromatic heterocycles. The minimum absolute atomic E-state index is 0.0332. The van der Waals surface area contributed by atoms with Crippen molar-refractivity contribution in [3.8, 4) is 0 Å². The lowest BCUT2D eigenvalue weighted by Crippen LogP contribution is -2.43. The second kappa shape index (κ2) is 4.34. The molecule has 1 aliphatic rings. The summed E-state index contributed by atoms with van der Waals surface area (Å²) in [6, 6.07) is 3.20. The highest BCUT2D eigenvalue weighted by molar-refractivity contribution is 7.91. The topological polar surface area (TPSA) is 91.8 Å². The monoisotopic (exact) mass is 283 g/mol. The number of carbonyl (C=O) groups excluding carboxylic acids is 1. The van der Waals surface area contributed by atoms with Crippen LogP contribution < -0.4 is 4.90 Å². The van der Waals surface area contributed by atoms with Crippen LogP contribution in [0.5, 0.6) is 0 Å². The average molecular weight is 283 g/mol. The number of anilines is 1. The number of carboxylic acid groups (broad SMARTS) is 1. The van der Waals surface area contributed by atoms with Gasteiger partial charge in [-0.25, -0.2) is 13.2 Å². The zero-order valence-electron chi connectivity index (χ0n) is 10.5. The van der Waals surface area contributed by atoms with Crippen LogP contribution in [-0.2, 0) is 19.4 Å². The molecule has 1 aromatic carbocycles. The minimum atomic E-state index is -3.47. The molecule has 1 N–H and O–H groups in total. The molecule has 102 valence electrons. The van der Waals surface area contributed by atoms with Crippen molar-refractivity contribution >= 4 is 27.4 Å². The molecule has 1 heterocycles. The van der Waals surface area contributed by atoms with E-state index in [4.69, 9.17) is 5.11 Å². The van der Waals surface area contributed by atoms with Gasteiger partial charge < -0.3 is 10.0 Å². The Balaban J connectivity index is 2.71. The molecule has 0 saturated heterocycles. The highest BCUT2D eigenvalue weighted by Gasteiger charge is 2.35. The smallest absolute Gasteiger partial charge is 0.394 e. The number of sulfone groups is 1. The lowest BCUT2D eigenvalue weighted by molar-refractivity contribution is -0.148. The molecule has 2 rings (SSSR count). The predicted molar refractivity (Wildman–Crippen MR) is 68.0 cm³/mol. The number of hydrogen-bond donors (Lipinski definition) is 1. The Labute approximate surface area is 110 Å². The van der Waals surface area contributed by atoms with Crippen molar-refractivity contribution in [3.63, 3.8) is 0 Å². The molecule has 0 unspecified atom stereocenters. The Kier molecular flexibility index (Phi) is 3.09. The predicted octanol–water partition coefficient (Wildman–Crippen LogP) is 0.508. The van der Waals surface area contributed by atoms with E-state index in [2.05, 4.69) is 0 Å². The summed E-state index contributed by atoms with van der Waals surface area (Å²) in [5.74, 6) is -2.96. The van der Waals surface area contributed by atoms with E-state index in [9.17, 15) is 18.0 Å². The van der Waals surface area contributed by atoms with Crippen LogP contribution in [0.2, 0.25) is 0 Å². The number of aryl methyl sites for hydroxylation is 2. The van der Waals surface area contributed by atoms with E-state index >= 15 is 0 Å². The number of benzene rings is 1. The highest BCUT2D eigenvalue weighted by atomic mass is 32.2. The van der Waals surface area contributed by atoms with Crippen LogP contribution in [0.25, 0.3) is 0 Å². The van der Waals surface area contributed by atoms with E-state index in [1.807, 2.05) is 0 Å². The summed E-state index contributed by atoms with van der Waals surface area (Å²) in [6.07, 6.45) is 0. The van der Waals surface area contributed by atoms with E-state index in [-0.39, 0.29) is 22.9 Å². The van der Waals surface area contributed by atoms with E-state index in [0.717, 1.165) is 10.5 Å². The first kappa shape index (κ1) is 13.5. The van der Waals surface area contributed by atoms with Gasteiger partial charge in [0.15, 0.2) is 9.84 Å². The number of fused-ring (bicyclic) bond motifs is 1. The summed E-state index contributed by atoms with van der Waals surface area (Å²) in [7, 11) is -3.47. The first-order valence-corrected chi connectivity index (χ1v) is 7.28. The van der Waals surface area contributed by atoms with Crippen LogP contribution in [0.1, 0.15) is 11.1 Å². The Hall–Kier alpha value is -1.89. The lowest BCUT2D eigenvalue weighted by Gasteiger charge is -2.29. The van der Waals surface area contributed by atoms with E-state index in [1.165, 1.54) is 6.07 Å². The zero-order valence-corrected chi connectivity index (χ0v) is 11.3. The van der Waals surface area contributed by atoms with E-state index in [0.29, 0.717) is 5.56 Å². The molecule has 1 aromatic rings. The Morgan fingerprint density at radius 1 is 1.26 bits per heavy atom. The normalized spacial score (nSPS) is 16.8. The number of aliphatic carboxylic acids is 1. The van der Waals surface area contributed by atoms with Gasteiger partial charge in [-0.15, -0.1) is 0 Å². The third kappa shape index (κ3) is 2.21. The highest BCUT2D eigenvalue weighted by Crippen LogP contribution is 2.34. The van der Waals surface area contributed by atoms with E-state index < -0.39 is 21.7 Å². The summed E-state index contributed by atoms with van der Waals surface area (Å²) in [5, 5.41) is 8.79. The molecule has 7 heteroatoms. The average Bonchev–Trinajstić information content (AvgIpc) is 2.29. The number of rotatable bonds is 0. The molecular formula is C12H13NO5S. The number of hydrogen-bond acceptors (Lipinski definition) is 4. The van der Waals surface area contributed by atoms with Gasteiger partial charge in [-0.2, -0.15) is 0 Å². The zero-order chi connectivity index (χ0) is 14.4. The molecule has 0 radical (unpaired) electrons. The number of carboxylic acids is 1. The quantitative estimate of drug-likeness (QED) is 0.700. The van der Waals surface area contributed by atoms with Gasteiger partial charge in [0, 0.05) is 6.54 Å². The first-order chi connectivity index (χ1) is 8.74. The molecule has 0 aliphatic carbocycles. The van der Waals surface area contributed by atoms with Crippen molar-refractivity contribution in [1.82, 2.24) is 0 Å². The van der Waals surface area contributed by atoms with Gasteiger partial charge in [-0.3, -0.25) is 4.79 Å². The minimum Gasteiger partial charge on any atom is -0.474 e. The molecule has 0 atom stereocenters. The summed E-state index contributed by atoms with van der Waals surface area (Å²) in [6.45, 7) is 3.28. The molecule has 0 bridgehead atoms. The Bertz CT molecular complexity index is 678. The molecule has 6 nitrogen and oxygen atoms in total. The fraction of sp³-hybridized carbons (Fsp3) is 0.333. The van der Waals surface area contributed by atoms with Gasteiger partial charge in [0.1, 0.15) is 0 Å². The number of carbonyl (C=O) groups is 2. The van der Waals surface area contributed by atoms with Crippen molar-refractivity contribution in [3.05, 3.63) is 23.3 Å². The fourth-order valence-electron chi connectivity index (χ4n) is 2.26. The van der Waals surface area contributed by atoms with Crippen LogP contribution in [-0.4, -0.2) is 37.7 Å². The largest absolute Gasteiger partial charge is 0.474 e. The van der Waals surface area contributed by atoms with Gasteiger partial charge in [0.2, 0.25) is 0 Å². The summed E-state index contributed by atoms with van der Waals surface area (Å²) < 4.78 is 24.1. The molecule has 0 saturated carbocycles. The molecule has 0 fully saturated rings. The Morgan fingerprint density at radius 2 is 1.89 bits per heavy atom. The molecule has 0 spiro atoms. The molecule has 19 heavy (non-hydrogen) atoms. The molecule has 1 aliphatic heterocycles. The maximum absolute atomic E-state index is 12.0. The number of amides is 1. The summed E-state index contributed by atoms with van der Waals surface area (Å²) in [5.41, 5.74) is 1.52. The third-order valence-corrected chi connectivity index (χ3v) is 4.73. The maximum atomic E-state index is 12.0. The second-order valence-corrected chi connectivity index (χ2v) is 6.59.